The van der Waals surface area contributed by atoms with E-state index in [9.17, 15) is 4.39 Å². The third-order valence-corrected chi connectivity index (χ3v) is 4.39. The lowest BCUT2D eigenvalue weighted by Gasteiger charge is -2.28. The first-order chi connectivity index (χ1) is 11.4. The Balaban J connectivity index is 2.60. The van der Waals surface area contributed by atoms with Gasteiger partial charge >= 0.3 is 0 Å². The first kappa shape index (κ1) is 17.6. The van der Waals surface area contributed by atoms with Gasteiger partial charge in [0.05, 0.1) is 11.3 Å². The summed E-state index contributed by atoms with van der Waals surface area (Å²) in [6.45, 7) is 10.1. The number of halogens is 1. The number of benzene rings is 1. The monoisotopic (exact) mass is 320 g/mol. The summed E-state index contributed by atoms with van der Waals surface area (Å²) in [4.78, 5) is 4.46. The van der Waals surface area contributed by atoms with Gasteiger partial charge in [0.2, 0.25) is 0 Å². The molecule has 0 fully saturated rings. The third kappa shape index (κ3) is 3.14. The van der Waals surface area contributed by atoms with Crippen molar-refractivity contribution in [3.8, 4) is 6.07 Å². The molecule has 0 aromatic heterocycles. The van der Waals surface area contributed by atoms with Crippen LogP contribution in [-0.4, -0.2) is 6.21 Å². The molecule has 0 unspecified atom stereocenters. The first-order valence-corrected chi connectivity index (χ1v) is 7.90. The minimum Gasteiger partial charge on any atom is -0.261 e. The minimum absolute atomic E-state index is 0.0532. The molecule has 0 atom stereocenters. The average molecular weight is 320 g/mol. The van der Waals surface area contributed by atoms with Gasteiger partial charge in [-0.25, -0.2) is 4.39 Å². The van der Waals surface area contributed by atoms with Gasteiger partial charge in [0.25, 0.3) is 0 Å². The lowest BCUT2D eigenvalue weighted by Crippen LogP contribution is -2.10. The normalized spacial score (nSPS) is 15.9. The van der Waals surface area contributed by atoms with E-state index in [-0.39, 0.29) is 5.56 Å². The molecule has 24 heavy (non-hydrogen) atoms. The van der Waals surface area contributed by atoms with Crippen LogP contribution in [0.5, 0.6) is 0 Å². The number of hydrogen-bond donors (Lipinski definition) is 0. The topological polar surface area (TPSA) is 36.1 Å². The molecule has 1 aliphatic carbocycles. The zero-order chi connectivity index (χ0) is 17.9. The standard InChI is InChI=1S/C21H21FN2/c1-6-20(24-7-2)18(21-14(4)13(3)15(21)5)10-16-8-9-17(12-23)19(22)11-16/h6-11H,1-5H3/b18-10+,20-6-,24-7?. The number of aliphatic imine (C=N–C) groups is 1. The second-order valence-corrected chi connectivity index (χ2v) is 5.72. The maximum atomic E-state index is 13.9. The van der Waals surface area contributed by atoms with Crippen molar-refractivity contribution in [2.45, 2.75) is 34.6 Å². The molecule has 0 bridgehead atoms. The second kappa shape index (κ2) is 7.23. The molecule has 1 aromatic carbocycles. The van der Waals surface area contributed by atoms with E-state index in [1.54, 1.807) is 12.3 Å². The van der Waals surface area contributed by atoms with E-state index >= 15 is 0 Å². The van der Waals surface area contributed by atoms with Crippen LogP contribution in [0.1, 0.15) is 45.7 Å². The van der Waals surface area contributed by atoms with Gasteiger partial charge in [-0.2, -0.15) is 5.26 Å². The number of rotatable bonds is 4. The Morgan fingerprint density at radius 1 is 1.12 bits per heavy atom. The predicted molar refractivity (Wildman–Crippen MR) is 98.1 cm³/mol. The van der Waals surface area contributed by atoms with Gasteiger partial charge in [-0.05, 0) is 80.7 Å². The zero-order valence-electron chi connectivity index (χ0n) is 14.7. The molecule has 1 aliphatic rings. The largest absolute Gasteiger partial charge is 0.261 e. The molecule has 0 spiro atoms. The van der Waals surface area contributed by atoms with Crippen molar-refractivity contribution in [1.29, 1.82) is 5.26 Å². The van der Waals surface area contributed by atoms with Crippen LogP contribution in [-0.2, 0) is 0 Å². The SMILES string of the molecule is CC=NC(=C\C)/C(=C\c1ccc(C#N)c(F)c1)C1=C(C)C(C)=C1C. The van der Waals surface area contributed by atoms with Gasteiger partial charge in [0.15, 0.2) is 0 Å². The third-order valence-electron chi connectivity index (χ3n) is 4.39. The Morgan fingerprint density at radius 2 is 1.83 bits per heavy atom. The van der Waals surface area contributed by atoms with Gasteiger partial charge in [0, 0.05) is 11.8 Å². The summed E-state index contributed by atoms with van der Waals surface area (Å²) in [7, 11) is 0. The van der Waals surface area contributed by atoms with E-state index in [1.165, 1.54) is 28.9 Å². The number of nitrogens with zero attached hydrogens (tertiary/aromatic N) is 2. The zero-order valence-corrected chi connectivity index (χ0v) is 14.7. The minimum atomic E-state index is -0.505. The Kier molecular flexibility index (Phi) is 5.31. The van der Waals surface area contributed by atoms with Gasteiger partial charge < -0.3 is 0 Å². The highest BCUT2D eigenvalue weighted by atomic mass is 19.1. The average Bonchev–Trinajstić information content (AvgIpc) is 2.59. The molecule has 0 aliphatic heterocycles. The molecule has 0 heterocycles. The van der Waals surface area contributed by atoms with Gasteiger partial charge in [-0.1, -0.05) is 12.1 Å². The summed E-state index contributed by atoms with van der Waals surface area (Å²) in [6.07, 6.45) is 5.64. The van der Waals surface area contributed by atoms with E-state index < -0.39 is 5.82 Å². The quantitative estimate of drug-likeness (QED) is 0.514. The van der Waals surface area contributed by atoms with Crippen LogP contribution in [0.3, 0.4) is 0 Å². The van der Waals surface area contributed by atoms with Crippen LogP contribution in [0.25, 0.3) is 6.08 Å². The van der Waals surface area contributed by atoms with Crippen LogP contribution in [0.2, 0.25) is 0 Å². The molecular weight excluding hydrogens is 299 g/mol. The van der Waals surface area contributed by atoms with Gasteiger partial charge in [-0.15, -0.1) is 0 Å². The fourth-order valence-corrected chi connectivity index (χ4v) is 2.87. The van der Waals surface area contributed by atoms with Crippen molar-refractivity contribution in [3.63, 3.8) is 0 Å². The summed E-state index contributed by atoms with van der Waals surface area (Å²) in [5.74, 6) is -0.505. The highest BCUT2D eigenvalue weighted by Crippen LogP contribution is 2.42. The van der Waals surface area contributed by atoms with E-state index in [0.717, 1.165) is 16.8 Å². The number of hydrogen-bond acceptors (Lipinski definition) is 2. The summed E-state index contributed by atoms with van der Waals surface area (Å²) >= 11 is 0. The van der Waals surface area contributed by atoms with Crippen molar-refractivity contribution in [1.82, 2.24) is 0 Å². The molecule has 1 aromatic rings. The lowest BCUT2D eigenvalue weighted by atomic mass is 9.77. The Morgan fingerprint density at radius 3 is 2.33 bits per heavy atom. The Bertz CT molecular complexity index is 872. The first-order valence-electron chi connectivity index (χ1n) is 7.90. The van der Waals surface area contributed by atoms with Crippen LogP contribution in [0.4, 0.5) is 4.39 Å². The maximum Gasteiger partial charge on any atom is 0.141 e. The molecule has 3 heteroatoms. The molecule has 0 amide bonds. The predicted octanol–water partition coefficient (Wildman–Crippen LogP) is 5.74. The van der Waals surface area contributed by atoms with Gasteiger partial charge in [0.1, 0.15) is 11.9 Å². The lowest BCUT2D eigenvalue weighted by molar-refractivity contribution is 0.623. The van der Waals surface area contributed by atoms with Gasteiger partial charge in [-0.3, -0.25) is 4.99 Å². The smallest absolute Gasteiger partial charge is 0.141 e. The molecule has 122 valence electrons. The second-order valence-electron chi connectivity index (χ2n) is 5.72. The fraction of sp³-hybridized carbons (Fsp3) is 0.238. The van der Waals surface area contributed by atoms with Crippen LogP contribution >= 0.6 is 0 Å². The highest BCUT2D eigenvalue weighted by molar-refractivity contribution is 5.77. The Hall–Kier alpha value is -2.73. The highest BCUT2D eigenvalue weighted by Gasteiger charge is 2.24. The van der Waals surface area contributed by atoms with Crippen molar-refractivity contribution < 1.29 is 4.39 Å². The van der Waals surface area contributed by atoms with E-state index in [2.05, 4.69) is 25.8 Å². The number of nitriles is 1. The van der Waals surface area contributed by atoms with Crippen molar-refractivity contribution in [3.05, 3.63) is 74.8 Å². The molecule has 0 N–H and O–H groups in total. The molecule has 0 saturated heterocycles. The Labute approximate surface area is 143 Å². The van der Waals surface area contributed by atoms with E-state index in [0.29, 0.717) is 5.56 Å². The number of allylic oxidation sites excluding steroid dienone is 5. The van der Waals surface area contributed by atoms with Crippen LogP contribution in [0, 0.1) is 17.1 Å². The summed E-state index contributed by atoms with van der Waals surface area (Å²) < 4.78 is 13.9. The molecule has 2 nitrogen and oxygen atoms in total. The molecule has 0 saturated carbocycles. The van der Waals surface area contributed by atoms with Crippen molar-refractivity contribution in [2.24, 2.45) is 4.99 Å². The molecular formula is C21H21FN2. The molecule has 2 rings (SSSR count). The maximum absolute atomic E-state index is 13.9. The summed E-state index contributed by atoms with van der Waals surface area (Å²) in [5.41, 5.74) is 7.51. The van der Waals surface area contributed by atoms with Crippen molar-refractivity contribution in [2.75, 3.05) is 0 Å². The van der Waals surface area contributed by atoms with E-state index in [4.69, 9.17) is 5.26 Å². The van der Waals surface area contributed by atoms with Crippen molar-refractivity contribution >= 4 is 12.3 Å². The summed E-state index contributed by atoms with van der Waals surface area (Å²) in [5, 5.41) is 8.87. The summed E-state index contributed by atoms with van der Waals surface area (Å²) in [6, 6.07) is 6.50. The molecule has 0 radical (unpaired) electrons. The fourth-order valence-electron chi connectivity index (χ4n) is 2.87. The van der Waals surface area contributed by atoms with Crippen LogP contribution < -0.4 is 0 Å². The van der Waals surface area contributed by atoms with Crippen LogP contribution in [0.15, 0.2) is 62.8 Å². The van der Waals surface area contributed by atoms with E-state index in [1.807, 2.05) is 32.1 Å².